The molecule has 2 N–H and O–H groups in total. The number of aromatic nitrogens is 1. The van der Waals surface area contributed by atoms with Crippen molar-refractivity contribution in [3.8, 4) is 5.75 Å². The molecule has 15 heavy (non-hydrogen) atoms. The van der Waals surface area contributed by atoms with Gasteiger partial charge < -0.3 is 10.5 Å². The van der Waals surface area contributed by atoms with Gasteiger partial charge in [-0.2, -0.15) is 4.37 Å². The highest BCUT2D eigenvalue weighted by Gasteiger charge is 2.02. The monoisotopic (exact) mass is 284 g/mol. The molecule has 0 atom stereocenters. The lowest BCUT2D eigenvalue weighted by Crippen LogP contribution is -1.96. The van der Waals surface area contributed by atoms with Gasteiger partial charge in [-0.3, -0.25) is 0 Å². The molecule has 5 heteroatoms. The summed E-state index contributed by atoms with van der Waals surface area (Å²) in [5, 5.41) is 0. The topological polar surface area (TPSA) is 48.1 Å². The highest BCUT2D eigenvalue weighted by molar-refractivity contribution is 9.10. The Bertz CT molecular complexity index is 458. The van der Waals surface area contributed by atoms with Crippen molar-refractivity contribution in [3.63, 3.8) is 0 Å². The molecule has 0 aliphatic rings. The predicted molar refractivity (Wildman–Crippen MR) is 65.0 cm³/mol. The molecule has 0 saturated carbocycles. The minimum absolute atomic E-state index is 0.465. The van der Waals surface area contributed by atoms with E-state index in [1.54, 1.807) is 6.20 Å². The fourth-order valence-electron chi connectivity index (χ4n) is 1.09. The van der Waals surface area contributed by atoms with Gasteiger partial charge in [0.15, 0.2) is 0 Å². The molecule has 0 aliphatic carbocycles. The van der Waals surface area contributed by atoms with E-state index in [-0.39, 0.29) is 0 Å². The SMILES string of the molecule is Nc1cnsc1COc1cccc(Br)c1. The van der Waals surface area contributed by atoms with Crippen molar-refractivity contribution < 1.29 is 4.74 Å². The van der Waals surface area contributed by atoms with Crippen LogP contribution >= 0.6 is 27.5 Å². The largest absolute Gasteiger partial charge is 0.488 e. The van der Waals surface area contributed by atoms with Crippen molar-refractivity contribution in [2.24, 2.45) is 0 Å². The Morgan fingerprint density at radius 3 is 3.00 bits per heavy atom. The standard InChI is InChI=1S/C10H9BrN2OS/c11-7-2-1-3-8(4-7)14-6-10-9(12)5-13-15-10/h1-5H,6,12H2. The number of hydrogen-bond donors (Lipinski definition) is 1. The summed E-state index contributed by atoms with van der Waals surface area (Å²) in [6.45, 7) is 0.465. The van der Waals surface area contributed by atoms with E-state index in [4.69, 9.17) is 10.5 Å². The third-order valence-corrected chi connectivity index (χ3v) is 3.12. The normalized spacial score (nSPS) is 10.2. The summed E-state index contributed by atoms with van der Waals surface area (Å²) in [5.74, 6) is 0.817. The van der Waals surface area contributed by atoms with E-state index < -0.39 is 0 Å². The summed E-state index contributed by atoms with van der Waals surface area (Å²) in [7, 11) is 0. The van der Waals surface area contributed by atoms with Crippen LogP contribution in [0.5, 0.6) is 5.75 Å². The zero-order valence-corrected chi connectivity index (χ0v) is 10.2. The lowest BCUT2D eigenvalue weighted by atomic mass is 10.3. The van der Waals surface area contributed by atoms with Crippen LogP contribution in [0.1, 0.15) is 4.88 Å². The van der Waals surface area contributed by atoms with Gasteiger partial charge in [-0.15, -0.1) is 0 Å². The smallest absolute Gasteiger partial charge is 0.126 e. The summed E-state index contributed by atoms with van der Waals surface area (Å²) < 4.78 is 10.5. The first kappa shape index (κ1) is 10.4. The van der Waals surface area contributed by atoms with Crippen LogP contribution in [0.15, 0.2) is 34.9 Å². The number of rotatable bonds is 3. The second-order valence-electron chi connectivity index (χ2n) is 2.95. The molecule has 78 valence electrons. The van der Waals surface area contributed by atoms with E-state index in [2.05, 4.69) is 20.3 Å². The molecular weight excluding hydrogens is 276 g/mol. The molecule has 0 radical (unpaired) electrons. The number of nitrogen functional groups attached to an aromatic ring is 1. The van der Waals surface area contributed by atoms with Crippen molar-refractivity contribution in [1.82, 2.24) is 4.37 Å². The molecule has 0 aliphatic heterocycles. The van der Waals surface area contributed by atoms with E-state index in [1.165, 1.54) is 11.5 Å². The van der Waals surface area contributed by atoms with E-state index in [9.17, 15) is 0 Å². The lowest BCUT2D eigenvalue weighted by molar-refractivity contribution is 0.310. The van der Waals surface area contributed by atoms with E-state index in [0.29, 0.717) is 12.3 Å². The molecule has 0 amide bonds. The Kier molecular flexibility index (Phi) is 3.23. The Morgan fingerprint density at radius 1 is 1.47 bits per heavy atom. The summed E-state index contributed by atoms with van der Waals surface area (Å²) in [4.78, 5) is 0.954. The Morgan fingerprint density at radius 2 is 2.33 bits per heavy atom. The maximum absolute atomic E-state index is 5.69. The van der Waals surface area contributed by atoms with Crippen molar-refractivity contribution in [1.29, 1.82) is 0 Å². The third kappa shape index (κ3) is 2.70. The zero-order chi connectivity index (χ0) is 10.7. The zero-order valence-electron chi connectivity index (χ0n) is 7.81. The van der Waals surface area contributed by atoms with Crippen molar-refractivity contribution >= 4 is 33.1 Å². The van der Waals surface area contributed by atoms with Gasteiger partial charge in [0.1, 0.15) is 12.4 Å². The van der Waals surface area contributed by atoms with Crippen molar-refractivity contribution in [3.05, 3.63) is 39.8 Å². The van der Waals surface area contributed by atoms with Gasteiger partial charge in [0.2, 0.25) is 0 Å². The van der Waals surface area contributed by atoms with Gasteiger partial charge >= 0.3 is 0 Å². The fourth-order valence-corrected chi connectivity index (χ4v) is 2.03. The number of anilines is 1. The molecule has 0 bridgehead atoms. The van der Waals surface area contributed by atoms with E-state index in [1.807, 2.05) is 24.3 Å². The molecule has 2 aromatic rings. The fraction of sp³-hybridized carbons (Fsp3) is 0.100. The second kappa shape index (κ2) is 4.63. The first-order chi connectivity index (χ1) is 7.25. The number of halogens is 1. The van der Waals surface area contributed by atoms with Crippen LogP contribution in [0.2, 0.25) is 0 Å². The first-order valence-electron chi connectivity index (χ1n) is 4.33. The van der Waals surface area contributed by atoms with Crippen LogP contribution in [0.4, 0.5) is 5.69 Å². The first-order valence-corrected chi connectivity index (χ1v) is 5.90. The summed E-state index contributed by atoms with van der Waals surface area (Å²) in [5.41, 5.74) is 6.38. The number of benzene rings is 1. The van der Waals surface area contributed by atoms with Crippen LogP contribution < -0.4 is 10.5 Å². The minimum atomic E-state index is 0.465. The van der Waals surface area contributed by atoms with Gasteiger partial charge in [-0.1, -0.05) is 22.0 Å². The molecule has 1 aromatic carbocycles. The van der Waals surface area contributed by atoms with Crippen molar-refractivity contribution in [2.75, 3.05) is 5.73 Å². The summed E-state index contributed by atoms with van der Waals surface area (Å²) in [6.07, 6.45) is 1.64. The van der Waals surface area contributed by atoms with Crippen LogP contribution in [-0.2, 0) is 6.61 Å². The number of ether oxygens (including phenoxy) is 1. The molecule has 1 aromatic heterocycles. The molecule has 0 spiro atoms. The molecule has 3 nitrogen and oxygen atoms in total. The van der Waals surface area contributed by atoms with Gasteiger partial charge in [-0.05, 0) is 29.7 Å². The van der Waals surface area contributed by atoms with Crippen molar-refractivity contribution in [2.45, 2.75) is 6.61 Å². The van der Waals surface area contributed by atoms with E-state index >= 15 is 0 Å². The molecule has 1 heterocycles. The number of nitrogens with two attached hydrogens (primary N) is 1. The maximum Gasteiger partial charge on any atom is 0.126 e. The highest BCUT2D eigenvalue weighted by Crippen LogP contribution is 2.21. The molecule has 2 rings (SSSR count). The minimum Gasteiger partial charge on any atom is -0.488 e. The molecule has 0 unspecified atom stereocenters. The molecule has 0 fully saturated rings. The average Bonchev–Trinajstić information content (AvgIpc) is 2.61. The molecule has 0 saturated heterocycles. The number of hydrogen-bond acceptors (Lipinski definition) is 4. The van der Waals surface area contributed by atoms with Gasteiger partial charge in [0, 0.05) is 4.47 Å². The van der Waals surface area contributed by atoms with E-state index in [0.717, 1.165) is 15.1 Å². The van der Waals surface area contributed by atoms with Gasteiger partial charge in [0.25, 0.3) is 0 Å². The third-order valence-electron chi connectivity index (χ3n) is 1.84. The Labute approximate surface area is 100 Å². The Hall–Kier alpha value is -1.07. The second-order valence-corrected chi connectivity index (χ2v) is 4.75. The lowest BCUT2D eigenvalue weighted by Gasteiger charge is -2.04. The maximum atomic E-state index is 5.69. The van der Waals surface area contributed by atoms with Crippen LogP contribution in [0, 0.1) is 0 Å². The van der Waals surface area contributed by atoms with Crippen LogP contribution in [0.25, 0.3) is 0 Å². The highest BCUT2D eigenvalue weighted by atomic mass is 79.9. The van der Waals surface area contributed by atoms with Gasteiger partial charge in [0.05, 0.1) is 16.8 Å². The van der Waals surface area contributed by atoms with Gasteiger partial charge in [-0.25, -0.2) is 0 Å². The Balaban J connectivity index is 2.02. The van der Waals surface area contributed by atoms with Crippen LogP contribution in [0.3, 0.4) is 0 Å². The summed E-state index contributed by atoms with van der Waals surface area (Å²) >= 11 is 4.74. The summed E-state index contributed by atoms with van der Waals surface area (Å²) in [6, 6.07) is 7.70. The number of nitrogens with zero attached hydrogens (tertiary/aromatic N) is 1. The van der Waals surface area contributed by atoms with Crippen LogP contribution in [-0.4, -0.2) is 4.37 Å². The quantitative estimate of drug-likeness (QED) is 0.942. The molecular formula is C10H9BrN2OS. The predicted octanol–water partition coefficient (Wildman–Crippen LogP) is 3.07. The average molecular weight is 285 g/mol.